The zero-order valence-corrected chi connectivity index (χ0v) is 12.6. The van der Waals surface area contributed by atoms with Crippen molar-refractivity contribution in [1.82, 2.24) is 9.71 Å². The predicted molar refractivity (Wildman–Crippen MR) is 76.2 cm³/mol. The fourth-order valence-electron chi connectivity index (χ4n) is 1.63. The number of nitrogens with zero attached hydrogens (tertiary/aromatic N) is 3. The van der Waals surface area contributed by atoms with Gasteiger partial charge < -0.3 is 5.32 Å². The standard InChI is InChI=1S/C11H15N5O4S/c1-11(2,15-21(3,19)20)7-14-10-9(16(17)18)4-8(5-12)6-13-10/h4,6,15H,7H2,1-3H3,(H,13,14). The Labute approximate surface area is 122 Å². The molecule has 114 valence electrons. The lowest BCUT2D eigenvalue weighted by atomic mass is 10.1. The van der Waals surface area contributed by atoms with Crippen molar-refractivity contribution in [2.75, 3.05) is 18.1 Å². The van der Waals surface area contributed by atoms with Crippen LogP contribution in [0.1, 0.15) is 19.4 Å². The Kier molecular flexibility index (Phi) is 4.82. The summed E-state index contributed by atoms with van der Waals surface area (Å²) in [5, 5.41) is 22.4. The molecule has 0 aliphatic carbocycles. The molecule has 21 heavy (non-hydrogen) atoms. The maximum Gasteiger partial charge on any atom is 0.312 e. The highest BCUT2D eigenvalue weighted by Crippen LogP contribution is 2.23. The van der Waals surface area contributed by atoms with E-state index in [1.54, 1.807) is 19.9 Å². The topological polar surface area (TPSA) is 138 Å². The second-order valence-corrected chi connectivity index (χ2v) is 6.82. The molecule has 0 saturated heterocycles. The van der Waals surface area contributed by atoms with E-state index in [2.05, 4.69) is 15.0 Å². The van der Waals surface area contributed by atoms with Crippen LogP contribution in [0.5, 0.6) is 0 Å². The van der Waals surface area contributed by atoms with Gasteiger partial charge in [-0.05, 0) is 13.8 Å². The number of aromatic nitrogens is 1. The lowest BCUT2D eigenvalue weighted by Gasteiger charge is -2.25. The van der Waals surface area contributed by atoms with Gasteiger partial charge in [0.2, 0.25) is 15.8 Å². The summed E-state index contributed by atoms with van der Waals surface area (Å²) in [5.41, 5.74) is -1.14. The molecule has 9 nitrogen and oxygen atoms in total. The van der Waals surface area contributed by atoms with Crippen LogP contribution in [0.15, 0.2) is 12.3 Å². The first-order chi connectivity index (χ1) is 9.54. The zero-order valence-electron chi connectivity index (χ0n) is 11.7. The summed E-state index contributed by atoms with van der Waals surface area (Å²) in [6, 6.07) is 2.87. The van der Waals surface area contributed by atoms with Crippen molar-refractivity contribution >= 4 is 21.5 Å². The van der Waals surface area contributed by atoms with E-state index in [0.29, 0.717) is 0 Å². The molecule has 0 bridgehead atoms. The molecule has 1 aromatic heterocycles. The van der Waals surface area contributed by atoms with E-state index >= 15 is 0 Å². The van der Waals surface area contributed by atoms with Crippen molar-refractivity contribution in [3.05, 3.63) is 27.9 Å². The number of anilines is 1. The molecule has 0 unspecified atom stereocenters. The number of pyridine rings is 1. The van der Waals surface area contributed by atoms with Crippen molar-refractivity contribution in [3.63, 3.8) is 0 Å². The second kappa shape index (κ2) is 6.02. The van der Waals surface area contributed by atoms with E-state index in [9.17, 15) is 18.5 Å². The van der Waals surface area contributed by atoms with Crippen molar-refractivity contribution in [2.24, 2.45) is 0 Å². The van der Waals surface area contributed by atoms with Crippen LogP contribution in [-0.2, 0) is 10.0 Å². The van der Waals surface area contributed by atoms with Crippen LogP contribution in [0.3, 0.4) is 0 Å². The first kappa shape index (κ1) is 16.8. The third kappa shape index (κ3) is 5.33. The van der Waals surface area contributed by atoms with Crippen LogP contribution in [0.25, 0.3) is 0 Å². The smallest absolute Gasteiger partial charge is 0.312 e. The number of hydrogen-bond donors (Lipinski definition) is 2. The van der Waals surface area contributed by atoms with Gasteiger partial charge in [-0.1, -0.05) is 0 Å². The average molecular weight is 313 g/mol. The maximum atomic E-state index is 11.2. The summed E-state index contributed by atoms with van der Waals surface area (Å²) >= 11 is 0. The van der Waals surface area contributed by atoms with Gasteiger partial charge in [0.25, 0.3) is 0 Å². The van der Waals surface area contributed by atoms with Gasteiger partial charge >= 0.3 is 5.69 Å². The van der Waals surface area contributed by atoms with Crippen LogP contribution in [-0.4, -0.2) is 36.7 Å². The third-order valence-electron chi connectivity index (χ3n) is 2.35. The van der Waals surface area contributed by atoms with Crippen molar-refractivity contribution < 1.29 is 13.3 Å². The molecule has 1 heterocycles. The Bertz CT molecular complexity index is 693. The minimum atomic E-state index is -3.41. The summed E-state index contributed by atoms with van der Waals surface area (Å²) in [6.07, 6.45) is 2.23. The number of nitriles is 1. The Balaban J connectivity index is 2.94. The monoisotopic (exact) mass is 313 g/mol. The number of rotatable bonds is 6. The molecule has 0 saturated carbocycles. The van der Waals surface area contributed by atoms with E-state index in [4.69, 9.17) is 5.26 Å². The molecule has 1 rings (SSSR count). The first-order valence-corrected chi connectivity index (χ1v) is 7.70. The minimum Gasteiger partial charge on any atom is -0.362 e. The van der Waals surface area contributed by atoms with Gasteiger partial charge in [0, 0.05) is 24.3 Å². The second-order valence-electron chi connectivity index (χ2n) is 5.07. The predicted octanol–water partition coefficient (Wildman–Crippen LogP) is 0.601. The van der Waals surface area contributed by atoms with E-state index in [0.717, 1.165) is 12.3 Å². The molecule has 0 aliphatic heterocycles. The number of sulfonamides is 1. The van der Waals surface area contributed by atoms with Gasteiger partial charge in [-0.15, -0.1) is 0 Å². The summed E-state index contributed by atoms with van der Waals surface area (Å²) < 4.78 is 24.8. The van der Waals surface area contributed by atoms with Gasteiger partial charge in [0.15, 0.2) is 0 Å². The maximum absolute atomic E-state index is 11.2. The number of nitro groups is 1. The molecule has 0 fully saturated rings. The van der Waals surface area contributed by atoms with Gasteiger partial charge in [-0.25, -0.2) is 18.1 Å². The van der Waals surface area contributed by atoms with E-state index < -0.39 is 20.5 Å². The quantitative estimate of drug-likeness (QED) is 0.579. The van der Waals surface area contributed by atoms with Gasteiger partial charge in [0.1, 0.15) is 6.07 Å². The number of hydrogen-bond acceptors (Lipinski definition) is 7. The lowest BCUT2D eigenvalue weighted by Crippen LogP contribution is -2.47. The van der Waals surface area contributed by atoms with E-state index in [1.807, 2.05) is 0 Å². The molecule has 0 aromatic carbocycles. The largest absolute Gasteiger partial charge is 0.362 e. The molecule has 0 amide bonds. The van der Waals surface area contributed by atoms with Crippen molar-refractivity contribution in [2.45, 2.75) is 19.4 Å². The third-order valence-corrected chi connectivity index (χ3v) is 3.28. The molecular formula is C11H15N5O4S. The Morgan fingerprint density at radius 1 is 1.52 bits per heavy atom. The highest BCUT2D eigenvalue weighted by Gasteiger charge is 2.24. The van der Waals surface area contributed by atoms with E-state index in [-0.39, 0.29) is 23.6 Å². The highest BCUT2D eigenvalue weighted by atomic mass is 32.2. The van der Waals surface area contributed by atoms with Crippen molar-refractivity contribution in [1.29, 1.82) is 5.26 Å². The molecule has 0 atom stereocenters. The van der Waals surface area contributed by atoms with Crippen LogP contribution < -0.4 is 10.0 Å². The molecule has 10 heteroatoms. The molecular weight excluding hydrogens is 298 g/mol. The molecule has 0 radical (unpaired) electrons. The van der Waals surface area contributed by atoms with Crippen LogP contribution in [0.4, 0.5) is 11.5 Å². The SMILES string of the molecule is CC(C)(CNc1ncc(C#N)cc1[N+](=O)[O-])NS(C)(=O)=O. The summed E-state index contributed by atoms with van der Waals surface area (Å²) in [6.45, 7) is 3.33. The normalized spacial score (nSPS) is 11.7. The van der Waals surface area contributed by atoms with Gasteiger partial charge in [-0.2, -0.15) is 5.26 Å². The fourth-order valence-corrected chi connectivity index (χ4v) is 2.71. The highest BCUT2D eigenvalue weighted by molar-refractivity contribution is 7.88. The lowest BCUT2D eigenvalue weighted by molar-refractivity contribution is -0.384. The van der Waals surface area contributed by atoms with Crippen molar-refractivity contribution in [3.8, 4) is 6.07 Å². The van der Waals surface area contributed by atoms with Gasteiger partial charge in [-0.3, -0.25) is 10.1 Å². The van der Waals surface area contributed by atoms with E-state index in [1.165, 1.54) is 6.20 Å². The Morgan fingerprint density at radius 2 is 2.14 bits per heavy atom. The summed E-state index contributed by atoms with van der Waals surface area (Å²) in [4.78, 5) is 14.1. The zero-order chi connectivity index (χ0) is 16.3. The number of nitrogens with one attached hydrogen (secondary N) is 2. The van der Waals surface area contributed by atoms with Crippen LogP contribution in [0.2, 0.25) is 0 Å². The van der Waals surface area contributed by atoms with Gasteiger partial charge in [0.05, 0.1) is 16.7 Å². The van der Waals surface area contributed by atoms with Crippen LogP contribution in [0, 0.1) is 21.4 Å². The molecule has 2 N–H and O–H groups in total. The minimum absolute atomic E-state index is 0.0256. The first-order valence-electron chi connectivity index (χ1n) is 5.81. The fraction of sp³-hybridized carbons (Fsp3) is 0.455. The molecule has 0 aliphatic rings. The molecule has 1 aromatic rings. The summed E-state index contributed by atoms with van der Waals surface area (Å²) in [5.74, 6) is -0.0256. The molecule has 0 spiro atoms. The average Bonchev–Trinajstić information content (AvgIpc) is 2.33. The Morgan fingerprint density at radius 3 is 2.62 bits per heavy atom. The van der Waals surface area contributed by atoms with Crippen LogP contribution >= 0.6 is 0 Å². The Hall–Kier alpha value is -2.25. The summed E-state index contributed by atoms with van der Waals surface area (Å²) in [7, 11) is -3.41.